The lowest BCUT2D eigenvalue weighted by molar-refractivity contribution is -0.0290. The van der Waals surface area contributed by atoms with Crippen LogP contribution in [0.1, 0.15) is 78.1 Å². The predicted octanol–water partition coefficient (Wildman–Crippen LogP) is 5.14. The van der Waals surface area contributed by atoms with Crippen LogP contribution in [0.3, 0.4) is 0 Å². The van der Waals surface area contributed by atoms with Gasteiger partial charge in [0.15, 0.2) is 0 Å². The van der Waals surface area contributed by atoms with Crippen molar-refractivity contribution in [3.63, 3.8) is 0 Å². The Bertz CT molecular complexity index is 544. The van der Waals surface area contributed by atoms with Crippen molar-refractivity contribution in [2.75, 3.05) is 172 Å². The molecule has 0 radical (unpaired) electrons. The number of hydrogen-bond donors (Lipinski definition) is 0. The van der Waals surface area contributed by atoms with Gasteiger partial charge in [0, 0.05) is 13.2 Å². The molecule has 0 rings (SSSR count). The summed E-state index contributed by atoms with van der Waals surface area (Å²) in [5, 5.41) is 0. The van der Waals surface area contributed by atoms with Crippen LogP contribution < -0.4 is 0 Å². The fraction of sp³-hybridized carbons (Fsp3) is 1.00. The van der Waals surface area contributed by atoms with Crippen molar-refractivity contribution >= 4 is 0 Å². The molecule has 0 bridgehead atoms. The molecule has 0 spiro atoms. The Labute approximate surface area is 311 Å². The quantitative estimate of drug-likeness (QED) is 0.0766. The molecule has 0 aromatic rings. The minimum absolute atomic E-state index is 0.517. The highest BCUT2D eigenvalue weighted by Crippen LogP contribution is 2.03. The van der Waals surface area contributed by atoms with Gasteiger partial charge in [-0.2, -0.15) is 0 Å². The van der Waals surface area contributed by atoms with E-state index in [1.807, 2.05) is 0 Å². The van der Waals surface area contributed by atoms with Crippen LogP contribution in [0.2, 0.25) is 0 Å². The Morgan fingerprint density at radius 1 is 0.157 bits per heavy atom. The van der Waals surface area contributed by atoms with Gasteiger partial charge in [-0.05, 0) is 12.8 Å². The van der Waals surface area contributed by atoms with Gasteiger partial charge in [-0.1, -0.05) is 65.2 Å². The molecule has 13 heteroatoms. The SMILES string of the molecule is CCCCCCCOCCOCCOCCOCCOCCOCCOCCOCCOCCOCCOCCOCCOCCCCCCC. The van der Waals surface area contributed by atoms with Crippen LogP contribution in [0.25, 0.3) is 0 Å². The smallest absolute Gasteiger partial charge is 0.0701 e. The molecule has 0 atom stereocenters. The zero-order valence-corrected chi connectivity index (χ0v) is 32.8. The van der Waals surface area contributed by atoms with Crippen molar-refractivity contribution in [3.8, 4) is 0 Å². The summed E-state index contributed by atoms with van der Waals surface area (Å²) in [6.07, 6.45) is 12.6. The Hall–Kier alpha value is -0.520. The number of unbranched alkanes of at least 4 members (excludes halogenated alkanes) is 8. The molecule has 0 amide bonds. The van der Waals surface area contributed by atoms with Crippen molar-refractivity contribution in [1.29, 1.82) is 0 Å². The molecule has 0 saturated heterocycles. The van der Waals surface area contributed by atoms with Crippen molar-refractivity contribution in [3.05, 3.63) is 0 Å². The van der Waals surface area contributed by atoms with Gasteiger partial charge in [-0.3, -0.25) is 0 Å². The second kappa shape index (κ2) is 49.5. The van der Waals surface area contributed by atoms with Gasteiger partial charge in [0.1, 0.15) is 0 Å². The van der Waals surface area contributed by atoms with E-state index in [1.54, 1.807) is 0 Å². The lowest BCUT2D eigenvalue weighted by atomic mass is 10.2. The third kappa shape index (κ3) is 49.5. The average molecular weight is 743 g/mol. The average Bonchev–Trinajstić information content (AvgIpc) is 3.14. The third-order valence-electron chi connectivity index (χ3n) is 7.25. The van der Waals surface area contributed by atoms with E-state index in [-0.39, 0.29) is 0 Å². The molecule has 0 saturated carbocycles. The zero-order chi connectivity index (χ0) is 36.6. The third-order valence-corrected chi connectivity index (χ3v) is 7.25. The largest absolute Gasteiger partial charge is 0.379 e. The van der Waals surface area contributed by atoms with Crippen LogP contribution in [-0.4, -0.2) is 172 Å². The lowest BCUT2D eigenvalue weighted by Gasteiger charge is -2.09. The van der Waals surface area contributed by atoms with Crippen molar-refractivity contribution in [2.24, 2.45) is 0 Å². The van der Waals surface area contributed by atoms with Gasteiger partial charge >= 0.3 is 0 Å². The van der Waals surface area contributed by atoms with Crippen LogP contribution in [0.15, 0.2) is 0 Å². The van der Waals surface area contributed by atoms with Crippen molar-refractivity contribution < 1.29 is 61.6 Å². The predicted molar refractivity (Wildman–Crippen MR) is 198 cm³/mol. The first-order valence-electron chi connectivity index (χ1n) is 19.9. The van der Waals surface area contributed by atoms with E-state index in [0.717, 1.165) is 26.1 Å². The minimum Gasteiger partial charge on any atom is -0.379 e. The first-order chi connectivity index (χ1) is 25.4. The summed E-state index contributed by atoms with van der Waals surface area (Å²) in [5.74, 6) is 0. The summed E-state index contributed by atoms with van der Waals surface area (Å²) in [6.45, 7) is 19.3. The summed E-state index contributed by atoms with van der Waals surface area (Å²) in [6, 6.07) is 0. The van der Waals surface area contributed by atoms with Crippen LogP contribution in [0, 0.1) is 0 Å². The molecule has 0 aliphatic rings. The number of ether oxygens (including phenoxy) is 13. The second-order valence-electron chi connectivity index (χ2n) is 11.8. The first-order valence-corrected chi connectivity index (χ1v) is 19.9. The highest BCUT2D eigenvalue weighted by Gasteiger charge is 1.98. The molecular formula is C38H78O13. The van der Waals surface area contributed by atoms with Gasteiger partial charge in [0.25, 0.3) is 0 Å². The Morgan fingerprint density at radius 2 is 0.294 bits per heavy atom. The molecule has 308 valence electrons. The topological polar surface area (TPSA) is 120 Å². The summed E-state index contributed by atoms with van der Waals surface area (Å²) in [7, 11) is 0. The molecule has 13 nitrogen and oxygen atoms in total. The van der Waals surface area contributed by atoms with E-state index >= 15 is 0 Å². The van der Waals surface area contributed by atoms with Gasteiger partial charge in [0.2, 0.25) is 0 Å². The van der Waals surface area contributed by atoms with E-state index in [1.165, 1.54) is 51.4 Å². The summed E-state index contributed by atoms with van der Waals surface area (Å²) < 4.78 is 71.7. The van der Waals surface area contributed by atoms with Crippen LogP contribution in [0.5, 0.6) is 0 Å². The fourth-order valence-electron chi connectivity index (χ4n) is 4.36. The van der Waals surface area contributed by atoms with Gasteiger partial charge in [-0.25, -0.2) is 0 Å². The van der Waals surface area contributed by atoms with Gasteiger partial charge < -0.3 is 61.6 Å². The standard InChI is InChI=1S/C38H78O13/c1-3-5-7-9-11-13-39-15-17-41-19-21-43-23-25-45-27-29-47-31-33-49-35-37-51-38-36-50-34-32-48-30-28-46-26-24-44-22-20-42-18-16-40-14-12-10-8-6-4-2/h3-38H2,1-2H3. The highest BCUT2D eigenvalue weighted by atomic mass is 16.6. The van der Waals surface area contributed by atoms with Crippen LogP contribution in [-0.2, 0) is 61.6 Å². The van der Waals surface area contributed by atoms with Crippen LogP contribution >= 0.6 is 0 Å². The molecule has 0 N–H and O–H groups in total. The second-order valence-corrected chi connectivity index (χ2v) is 11.8. The molecule has 0 heterocycles. The van der Waals surface area contributed by atoms with E-state index in [0.29, 0.717) is 159 Å². The molecular weight excluding hydrogens is 664 g/mol. The maximum atomic E-state index is 5.57. The van der Waals surface area contributed by atoms with Crippen molar-refractivity contribution in [1.82, 2.24) is 0 Å². The molecule has 0 fully saturated rings. The van der Waals surface area contributed by atoms with Crippen LogP contribution in [0.4, 0.5) is 0 Å². The zero-order valence-electron chi connectivity index (χ0n) is 32.8. The first kappa shape index (κ1) is 50.5. The summed E-state index contributed by atoms with van der Waals surface area (Å²) in [5.41, 5.74) is 0. The summed E-state index contributed by atoms with van der Waals surface area (Å²) in [4.78, 5) is 0. The van der Waals surface area contributed by atoms with E-state index in [9.17, 15) is 0 Å². The van der Waals surface area contributed by atoms with Crippen molar-refractivity contribution in [2.45, 2.75) is 78.1 Å². The Kier molecular flexibility index (Phi) is 49.0. The van der Waals surface area contributed by atoms with Gasteiger partial charge in [0.05, 0.1) is 159 Å². The van der Waals surface area contributed by atoms with E-state index in [2.05, 4.69) is 13.8 Å². The molecule has 0 aromatic carbocycles. The number of hydrogen-bond acceptors (Lipinski definition) is 13. The minimum atomic E-state index is 0.517. The number of rotatable bonds is 48. The molecule has 0 aliphatic heterocycles. The van der Waals surface area contributed by atoms with Gasteiger partial charge in [-0.15, -0.1) is 0 Å². The Balaban J connectivity index is 3.04. The molecule has 0 aromatic heterocycles. The summed E-state index contributed by atoms with van der Waals surface area (Å²) >= 11 is 0. The maximum Gasteiger partial charge on any atom is 0.0701 e. The molecule has 51 heavy (non-hydrogen) atoms. The fourth-order valence-corrected chi connectivity index (χ4v) is 4.36. The normalized spacial score (nSPS) is 11.6. The van der Waals surface area contributed by atoms with E-state index in [4.69, 9.17) is 61.6 Å². The monoisotopic (exact) mass is 743 g/mol. The van der Waals surface area contributed by atoms with E-state index < -0.39 is 0 Å². The highest BCUT2D eigenvalue weighted by molar-refractivity contribution is 4.44. The Morgan fingerprint density at radius 3 is 0.451 bits per heavy atom. The molecule has 0 aliphatic carbocycles. The maximum absolute atomic E-state index is 5.57. The molecule has 0 unspecified atom stereocenters. The lowest BCUT2D eigenvalue weighted by Crippen LogP contribution is -2.15.